The maximum absolute atomic E-state index is 12.5. The Hall–Kier alpha value is -0.840. The highest BCUT2D eigenvalue weighted by atomic mass is 19.1. The molecule has 0 bridgehead atoms. The van der Waals surface area contributed by atoms with Gasteiger partial charge in [0, 0.05) is 25.0 Å². The summed E-state index contributed by atoms with van der Waals surface area (Å²) in [5, 5.41) is 5.98. The van der Waals surface area contributed by atoms with Crippen LogP contribution in [0.15, 0.2) is 0 Å². The third-order valence-electron chi connectivity index (χ3n) is 3.83. The molecule has 0 unspecified atom stereocenters. The van der Waals surface area contributed by atoms with E-state index in [9.17, 15) is 9.18 Å². The number of hydrogen-bond acceptors (Lipinski definition) is 7. The number of ether oxygens (including phenoxy) is 5. The van der Waals surface area contributed by atoms with Gasteiger partial charge in [-0.1, -0.05) is 27.7 Å². The number of hydrogen-bond donors (Lipinski definition) is 2. The summed E-state index contributed by atoms with van der Waals surface area (Å²) < 4.78 is 39.3. The van der Waals surface area contributed by atoms with Gasteiger partial charge in [-0.05, 0) is 20.8 Å². The van der Waals surface area contributed by atoms with E-state index in [4.69, 9.17) is 23.7 Å². The molecule has 32 heavy (non-hydrogen) atoms. The lowest BCUT2D eigenvalue weighted by molar-refractivity contribution is -0.123. The molecule has 0 radical (unpaired) electrons. The number of alkyl halides is 1. The zero-order valence-electron chi connectivity index (χ0n) is 21.5. The highest BCUT2D eigenvalue weighted by Crippen LogP contribution is 2.08. The predicted octanol–water partition coefficient (Wildman–Crippen LogP) is 2.59. The molecule has 0 heterocycles. The standard InChI is InChI=1S/C17H36FNO5.C6H13NO/c1-16(2)19-5-6-20-7-8-21-9-10-22-11-12-23-13-14-24-17(3,4)15-18;1-4-7-6(8)5(2)3/h16,19H,5-15H2,1-4H3;5H,4H2,1-3H3,(H,7,8). The molecule has 194 valence electrons. The number of carbonyl (C=O) groups excluding carboxylic acids is 1. The van der Waals surface area contributed by atoms with Crippen molar-refractivity contribution in [1.29, 1.82) is 0 Å². The average molecular weight is 469 g/mol. The van der Waals surface area contributed by atoms with E-state index in [0.717, 1.165) is 13.1 Å². The second-order valence-electron chi connectivity index (χ2n) is 8.35. The van der Waals surface area contributed by atoms with E-state index in [0.29, 0.717) is 65.5 Å². The van der Waals surface area contributed by atoms with Gasteiger partial charge >= 0.3 is 0 Å². The van der Waals surface area contributed by atoms with Gasteiger partial charge in [0.2, 0.25) is 5.91 Å². The van der Waals surface area contributed by atoms with Crippen LogP contribution in [0.5, 0.6) is 0 Å². The molecule has 0 aromatic carbocycles. The minimum atomic E-state index is -0.730. The van der Waals surface area contributed by atoms with Gasteiger partial charge in [0.25, 0.3) is 0 Å². The summed E-state index contributed by atoms with van der Waals surface area (Å²) in [6.45, 7) is 19.2. The van der Waals surface area contributed by atoms with Crippen molar-refractivity contribution in [3.05, 3.63) is 0 Å². The first-order valence-corrected chi connectivity index (χ1v) is 11.7. The molecule has 9 heteroatoms. The fourth-order valence-corrected chi connectivity index (χ4v) is 1.98. The molecule has 0 rings (SSSR count). The molecule has 1 amide bonds. The second-order valence-corrected chi connectivity index (χ2v) is 8.35. The van der Waals surface area contributed by atoms with Gasteiger partial charge in [0.1, 0.15) is 6.67 Å². The van der Waals surface area contributed by atoms with Gasteiger partial charge in [-0.25, -0.2) is 4.39 Å². The largest absolute Gasteiger partial charge is 0.378 e. The molecular formula is C23H49FN2O6. The fraction of sp³-hybridized carbons (Fsp3) is 0.957. The molecule has 0 aromatic heterocycles. The number of nitrogens with one attached hydrogen (secondary N) is 2. The number of rotatable bonds is 20. The van der Waals surface area contributed by atoms with Crippen molar-refractivity contribution in [2.24, 2.45) is 5.92 Å². The highest BCUT2D eigenvalue weighted by molar-refractivity contribution is 5.77. The maximum Gasteiger partial charge on any atom is 0.222 e. The van der Waals surface area contributed by atoms with Crippen LogP contribution < -0.4 is 10.6 Å². The molecular weight excluding hydrogens is 419 g/mol. The molecule has 0 spiro atoms. The monoisotopic (exact) mass is 468 g/mol. The van der Waals surface area contributed by atoms with Crippen molar-refractivity contribution in [2.45, 2.75) is 60.1 Å². The van der Waals surface area contributed by atoms with E-state index in [1.54, 1.807) is 13.8 Å². The molecule has 0 aliphatic carbocycles. The van der Waals surface area contributed by atoms with E-state index in [-0.39, 0.29) is 11.8 Å². The third-order valence-corrected chi connectivity index (χ3v) is 3.83. The average Bonchev–Trinajstić information content (AvgIpc) is 2.73. The molecule has 0 fully saturated rings. The van der Waals surface area contributed by atoms with Gasteiger partial charge in [-0.2, -0.15) is 0 Å². The Labute approximate surface area is 195 Å². The predicted molar refractivity (Wildman–Crippen MR) is 126 cm³/mol. The Balaban J connectivity index is 0. The minimum Gasteiger partial charge on any atom is -0.378 e. The zero-order chi connectivity index (χ0) is 24.7. The summed E-state index contributed by atoms with van der Waals surface area (Å²) in [6.07, 6.45) is 0. The molecule has 2 N–H and O–H groups in total. The van der Waals surface area contributed by atoms with Crippen LogP contribution in [0.4, 0.5) is 4.39 Å². The van der Waals surface area contributed by atoms with Crippen LogP contribution in [-0.2, 0) is 28.5 Å². The summed E-state index contributed by atoms with van der Waals surface area (Å²) in [4.78, 5) is 10.6. The fourth-order valence-electron chi connectivity index (χ4n) is 1.98. The SMILES string of the molecule is CC(C)NCCOCCOCCOCCOCCOC(C)(C)CF.CCNC(=O)C(C)C. The summed E-state index contributed by atoms with van der Waals surface area (Å²) >= 11 is 0. The highest BCUT2D eigenvalue weighted by Gasteiger charge is 2.17. The van der Waals surface area contributed by atoms with Crippen LogP contribution in [0.1, 0.15) is 48.5 Å². The smallest absolute Gasteiger partial charge is 0.222 e. The van der Waals surface area contributed by atoms with Crippen molar-refractivity contribution in [3.63, 3.8) is 0 Å². The van der Waals surface area contributed by atoms with Crippen molar-refractivity contribution in [3.8, 4) is 0 Å². The van der Waals surface area contributed by atoms with Crippen molar-refractivity contribution >= 4 is 5.91 Å². The van der Waals surface area contributed by atoms with Crippen LogP contribution in [0, 0.1) is 5.92 Å². The van der Waals surface area contributed by atoms with E-state index in [1.807, 2.05) is 20.8 Å². The van der Waals surface area contributed by atoms with E-state index in [2.05, 4.69) is 24.5 Å². The van der Waals surface area contributed by atoms with Gasteiger partial charge in [-0.3, -0.25) is 4.79 Å². The summed E-state index contributed by atoms with van der Waals surface area (Å²) in [7, 11) is 0. The van der Waals surface area contributed by atoms with Gasteiger partial charge < -0.3 is 34.3 Å². The topological polar surface area (TPSA) is 87.3 Å². The molecule has 0 aliphatic heterocycles. The molecule has 0 saturated carbocycles. The normalized spacial score (nSPS) is 11.6. The molecule has 0 saturated heterocycles. The lowest BCUT2D eigenvalue weighted by Crippen LogP contribution is -2.28. The molecule has 0 atom stereocenters. The maximum atomic E-state index is 12.5. The molecule has 0 aliphatic rings. The van der Waals surface area contributed by atoms with Crippen LogP contribution in [0.25, 0.3) is 0 Å². The summed E-state index contributed by atoms with van der Waals surface area (Å²) in [5.41, 5.74) is -0.730. The lowest BCUT2D eigenvalue weighted by Gasteiger charge is -2.21. The Morgan fingerprint density at radius 1 is 0.812 bits per heavy atom. The third kappa shape index (κ3) is 27.2. The summed E-state index contributed by atoms with van der Waals surface area (Å²) in [6, 6.07) is 0.487. The lowest BCUT2D eigenvalue weighted by atomic mass is 10.2. The quantitative estimate of drug-likeness (QED) is 0.266. The molecule has 8 nitrogen and oxygen atoms in total. The first kappa shape index (κ1) is 33.3. The Morgan fingerprint density at radius 2 is 1.25 bits per heavy atom. The van der Waals surface area contributed by atoms with E-state index >= 15 is 0 Å². The van der Waals surface area contributed by atoms with Crippen LogP contribution >= 0.6 is 0 Å². The second kappa shape index (κ2) is 23.3. The Kier molecular flexibility index (Phi) is 24.3. The Morgan fingerprint density at radius 3 is 1.59 bits per heavy atom. The number of halogens is 1. The summed E-state index contributed by atoms with van der Waals surface area (Å²) in [5.74, 6) is 0.252. The first-order valence-electron chi connectivity index (χ1n) is 11.7. The zero-order valence-corrected chi connectivity index (χ0v) is 21.5. The minimum absolute atomic E-state index is 0.120. The van der Waals surface area contributed by atoms with Crippen molar-refractivity contribution in [2.75, 3.05) is 79.2 Å². The van der Waals surface area contributed by atoms with Gasteiger partial charge in [-0.15, -0.1) is 0 Å². The van der Waals surface area contributed by atoms with Crippen LogP contribution in [0.3, 0.4) is 0 Å². The van der Waals surface area contributed by atoms with Crippen molar-refractivity contribution < 1.29 is 32.9 Å². The van der Waals surface area contributed by atoms with E-state index in [1.165, 1.54) is 0 Å². The van der Waals surface area contributed by atoms with Crippen LogP contribution in [-0.4, -0.2) is 96.8 Å². The number of carbonyl (C=O) groups is 1. The first-order chi connectivity index (χ1) is 15.2. The molecule has 0 aromatic rings. The van der Waals surface area contributed by atoms with Gasteiger partial charge in [0.05, 0.1) is 65.1 Å². The van der Waals surface area contributed by atoms with Gasteiger partial charge in [0.15, 0.2) is 0 Å². The van der Waals surface area contributed by atoms with E-state index < -0.39 is 12.3 Å². The van der Waals surface area contributed by atoms with Crippen molar-refractivity contribution in [1.82, 2.24) is 10.6 Å². The Bertz CT molecular complexity index is 412. The van der Waals surface area contributed by atoms with Crippen LogP contribution in [0.2, 0.25) is 0 Å². The number of amides is 1.